The van der Waals surface area contributed by atoms with Gasteiger partial charge in [0.2, 0.25) is 0 Å². The lowest BCUT2D eigenvalue weighted by molar-refractivity contribution is 0.151. The maximum absolute atomic E-state index is 3.60. The summed E-state index contributed by atoms with van der Waals surface area (Å²) >= 11 is 0. The summed E-state index contributed by atoms with van der Waals surface area (Å²) in [5, 5.41) is 3.27. The van der Waals surface area contributed by atoms with Crippen LogP contribution in [-0.2, 0) is 0 Å². The highest BCUT2D eigenvalue weighted by atomic mass is 14.9. The Morgan fingerprint density at radius 2 is 1.39 bits per heavy atom. The van der Waals surface area contributed by atoms with Crippen LogP contribution in [0.5, 0.6) is 0 Å². The Hall–Kier alpha value is -0.460. The van der Waals surface area contributed by atoms with Crippen LogP contribution in [0.3, 0.4) is 0 Å². The van der Waals surface area contributed by atoms with Crippen LogP contribution in [0.4, 0.5) is 0 Å². The predicted octanol–water partition coefficient (Wildman–Crippen LogP) is 4.54. The molecule has 1 nitrogen and oxygen atoms in total. The molecule has 3 rings (SSSR count). The molecule has 2 saturated carbocycles. The van der Waals surface area contributed by atoms with Crippen LogP contribution in [0.2, 0.25) is 0 Å². The summed E-state index contributed by atoms with van der Waals surface area (Å²) < 4.78 is 0. The van der Waals surface area contributed by atoms with Gasteiger partial charge in [-0.05, 0) is 42.7 Å². The Kier molecular flexibility index (Phi) is 4.28. The first-order valence-electron chi connectivity index (χ1n) is 8.13. The van der Waals surface area contributed by atoms with E-state index in [2.05, 4.69) is 24.1 Å². The molecule has 0 spiro atoms. The first-order valence-corrected chi connectivity index (χ1v) is 8.13. The van der Waals surface area contributed by atoms with Gasteiger partial charge in [0.25, 0.3) is 0 Å². The summed E-state index contributed by atoms with van der Waals surface area (Å²) in [6, 6.07) is 0. The van der Waals surface area contributed by atoms with Crippen molar-refractivity contribution in [1.82, 2.24) is 5.32 Å². The maximum Gasteiger partial charge on any atom is 0.0919 e. The molecule has 0 bridgehead atoms. The van der Waals surface area contributed by atoms with Crippen molar-refractivity contribution in [2.75, 3.05) is 0 Å². The van der Waals surface area contributed by atoms with Gasteiger partial charge < -0.3 is 5.32 Å². The van der Waals surface area contributed by atoms with Gasteiger partial charge in [-0.15, -0.1) is 0 Å². The van der Waals surface area contributed by atoms with Crippen molar-refractivity contribution in [2.45, 2.75) is 64.2 Å². The molecule has 0 amide bonds. The molecular formula is C17H27N. The van der Waals surface area contributed by atoms with Crippen LogP contribution in [0.15, 0.2) is 12.3 Å². The molecule has 2 unspecified atom stereocenters. The molecule has 1 N–H and O–H groups in total. The zero-order valence-electron chi connectivity index (χ0n) is 11.5. The van der Waals surface area contributed by atoms with Crippen LogP contribution in [0, 0.1) is 30.2 Å². The second-order valence-electron chi connectivity index (χ2n) is 6.55. The summed E-state index contributed by atoms with van der Waals surface area (Å²) in [7, 11) is 0. The second-order valence-corrected chi connectivity index (χ2v) is 6.55. The van der Waals surface area contributed by atoms with E-state index in [-0.39, 0.29) is 0 Å². The normalized spacial score (nSPS) is 35.3. The highest BCUT2D eigenvalue weighted by molar-refractivity contribution is 5.06. The van der Waals surface area contributed by atoms with Crippen molar-refractivity contribution in [3.63, 3.8) is 0 Å². The van der Waals surface area contributed by atoms with E-state index in [0.29, 0.717) is 5.92 Å². The monoisotopic (exact) mass is 245 g/mol. The Morgan fingerprint density at radius 3 is 2.06 bits per heavy atom. The zero-order chi connectivity index (χ0) is 12.2. The lowest BCUT2D eigenvalue weighted by Gasteiger charge is -2.41. The van der Waals surface area contributed by atoms with Crippen molar-refractivity contribution in [1.29, 1.82) is 0 Å². The van der Waals surface area contributed by atoms with Crippen molar-refractivity contribution >= 4 is 0 Å². The Morgan fingerprint density at radius 1 is 0.778 bits per heavy atom. The van der Waals surface area contributed by atoms with Gasteiger partial charge >= 0.3 is 0 Å². The summed E-state index contributed by atoms with van der Waals surface area (Å²) in [5.41, 5.74) is 0. The molecule has 2 aliphatic carbocycles. The fourth-order valence-electron chi connectivity index (χ4n) is 4.41. The Bertz CT molecular complexity index is 271. The van der Waals surface area contributed by atoms with E-state index in [1.54, 1.807) is 0 Å². The van der Waals surface area contributed by atoms with Crippen LogP contribution >= 0.6 is 0 Å². The molecule has 18 heavy (non-hydrogen) atoms. The molecular weight excluding hydrogens is 218 g/mol. The van der Waals surface area contributed by atoms with E-state index in [0.717, 1.165) is 17.8 Å². The zero-order valence-corrected chi connectivity index (χ0v) is 11.5. The molecule has 100 valence electrons. The second kappa shape index (κ2) is 6.12. The molecule has 0 saturated heterocycles. The average molecular weight is 245 g/mol. The summed E-state index contributed by atoms with van der Waals surface area (Å²) in [4.78, 5) is 0. The first kappa shape index (κ1) is 12.6. The van der Waals surface area contributed by atoms with Gasteiger partial charge in [-0.1, -0.05) is 57.4 Å². The number of nitrogens with one attached hydrogen (secondary N) is 1. The van der Waals surface area contributed by atoms with Gasteiger partial charge in [0.15, 0.2) is 0 Å². The highest BCUT2D eigenvalue weighted by Gasteiger charge is 2.35. The summed E-state index contributed by atoms with van der Waals surface area (Å²) in [6.07, 6.45) is 19.1. The maximum atomic E-state index is 3.60. The van der Waals surface area contributed by atoms with Crippen LogP contribution < -0.4 is 5.32 Å². The van der Waals surface area contributed by atoms with Crippen molar-refractivity contribution in [3.05, 3.63) is 18.8 Å². The van der Waals surface area contributed by atoms with Crippen molar-refractivity contribution < 1.29 is 0 Å². The molecule has 0 aromatic heterocycles. The molecule has 0 aromatic rings. The lowest BCUT2D eigenvalue weighted by Crippen LogP contribution is -2.36. The molecule has 1 aliphatic heterocycles. The van der Waals surface area contributed by atoms with E-state index in [1.807, 2.05) is 0 Å². The predicted molar refractivity (Wildman–Crippen MR) is 75.6 cm³/mol. The lowest BCUT2D eigenvalue weighted by atomic mass is 9.66. The van der Waals surface area contributed by atoms with Crippen molar-refractivity contribution in [3.8, 4) is 0 Å². The minimum Gasteiger partial charge on any atom is -0.381 e. The van der Waals surface area contributed by atoms with E-state index in [9.17, 15) is 0 Å². The smallest absolute Gasteiger partial charge is 0.0919 e. The van der Waals surface area contributed by atoms with Gasteiger partial charge in [0.05, 0.1) is 6.54 Å². The third kappa shape index (κ3) is 2.75. The third-order valence-corrected chi connectivity index (χ3v) is 5.42. The minimum absolute atomic E-state index is 0.693. The van der Waals surface area contributed by atoms with E-state index < -0.39 is 0 Å². The van der Waals surface area contributed by atoms with Gasteiger partial charge in [-0.2, -0.15) is 0 Å². The Labute approximate surface area is 112 Å². The van der Waals surface area contributed by atoms with Crippen LogP contribution in [-0.4, -0.2) is 0 Å². The fourth-order valence-corrected chi connectivity index (χ4v) is 4.41. The summed E-state index contributed by atoms with van der Waals surface area (Å²) in [5.74, 6) is 3.33. The molecule has 1 heteroatoms. The Balaban J connectivity index is 1.67. The SMILES string of the molecule is [C]1NC=CC(C2CCCCC2)C1C1CCCCC1. The summed E-state index contributed by atoms with van der Waals surface area (Å²) in [6.45, 7) is 3.60. The minimum atomic E-state index is 0.693. The number of rotatable bonds is 2. The number of hydrogen-bond acceptors (Lipinski definition) is 1. The van der Waals surface area contributed by atoms with Gasteiger partial charge in [-0.25, -0.2) is 0 Å². The number of hydrogen-bond donors (Lipinski definition) is 1. The molecule has 0 aromatic carbocycles. The van der Waals surface area contributed by atoms with Gasteiger partial charge in [-0.3, -0.25) is 0 Å². The third-order valence-electron chi connectivity index (χ3n) is 5.42. The molecule has 2 radical (unpaired) electrons. The fraction of sp³-hybridized carbons (Fsp3) is 0.824. The topological polar surface area (TPSA) is 12.0 Å². The van der Waals surface area contributed by atoms with Gasteiger partial charge in [0.1, 0.15) is 0 Å². The molecule has 2 atom stereocenters. The van der Waals surface area contributed by atoms with Crippen LogP contribution in [0.1, 0.15) is 64.2 Å². The molecule has 1 heterocycles. The van der Waals surface area contributed by atoms with Crippen molar-refractivity contribution in [2.24, 2.45) is 23.7 Å². The largest absolute Gasteiger partial charge is 0.381 e. The van der Waals surface area contributed by atoms with E-state index in [4.69, 9.17) is 0 Å². The molecule has 3 aliphatic rings. The quantitative estimate of drug-likeness (QED) is 0.753. The molecule has 2 fully saturated rings. The number of allylic oxidation sites excluding steroid dienone is 1. The average Bonchev–Trinajstić information content (AvgIpc) is 2.49. The highest BCUT2D eigenvalue weighted by Crippen LogP contribution is 2.43. The van der Waals surface area contributed by atoms with E-state index >= 15 is 0 Å². The van der Waals surface area contributed by atoms with E-state index in [1.165, 1.54) is 64.2 Å². The standard InChI is InChI=1S/C17H27N/c1-3-7-14(8-4-1)16-11-12-18-13-17(16)15-9-5-2-6-10-15/h11-12,14-18H,1-10H2. The van der Waals surface area contributed by atoms with Gasteiger partial charge in [0, 0.05) is 0 Å². The van der Waals surface area contributed by atoms with Crippen LogP contribution in [0.25, 0.3) is 0 Å². The first-order chi connectivity index (χ1) is 8.95.